The first-order valence-electron chi connectivity index (χ1n) is 8.31. The number of fused-ring (bicyclic) bond motifs is 1. The van der Waals surface area contributed by atoms with Crippen LogP contribution in [0.15, 0.2) is 48.8 Å². The van der Waals surface area contributed by atoms with Gasteiger partial charge in [0.2, 0.25) is 5.91 Å². The molecule has 13 nitrogen and oxygen atoms in total. The number of para-hydroxylation sites is 1. The summed E-state index contributed by atoms with van der Waals surface area (Å²) in [7, 11) is 0. The number of rotatable bonds is 7. The van der Waals surface area contributed by atoms with Crippen molar-refractivity contribution < 1.29 is 14.6 Å². The zero-order valence-electron chi connectivity index (χ0n) is 14.7. The highest BCUT2D eigenvalue weighted by molar-refractivity contribution is 5.89. The van der Waals surface area contributed by atoms with Gasteiger partial charge in [-0.2, -0.15) is 0 Å². The Balaban J connectivity index is 1.32. The van der Waals surface area contributed by atoms with Gasteiger partial charge in [-0.1, -0.05) is 22.2 Å². The zero-order chi connectivity index (χ0) is 20.2. The van der Waals surface area contributed by atoms with Crippen molar-refractivity contribution in [3.63, 3.8) is 0 Å². The molecule has 0 spiro atoms. The predicted octanol–water partition coefficient (Wildman–Crippen LogP) is 0.593. The molecule has 1 amide bonds. The van der Waals surface area contributed by atoms with Crippen molar-refractivity contribution in [1.82, 2.24) is 35.1 Å². The quantitative estimate of drug-likeness (QED) is 0.349. The van der Waals surface area contributed by atoms with E-state index < -0.39 is 10.8 Å². The second-order valence-corrected chi connectivity index (χ2v) is 5.84. The van der Waals surface area contributed by atoms with Crippen LogP contribution >= 0.6 is 0 Å². The number of carbonyl (C=O) groups excluding carboxylic acids is 1. The second-order valence-electron chi connectivity index (χ2n) is 5.84. The molecule has 0 saturated heterocycles. The SMILES string of the molecule is O=C(Cn1cc(COn2nnc3ccccc32)nn1)Nc1ccc([N+](=O)[O-])cn1. The summed E-state index contributed by atoms with van der Waals surface area (Å²) in [5, 5.41) is 28.8. The Labute approximate surface area is 162 Å². The summed E-state index contributed by atoms with van der Waals surface area (Å²) in [5.74, 6) is -0.215. The van der Waals surface area contributed by atoms with Gasteiger partial charge in [0.05, 0.1) is 11.1 Å². The molecular formula is C16H13N9O4. The van der Waals surface area contributed by atoms with Gasteiger partial charge in [-0.25, -0.2) is 9.67 Å². The van der Waals surface area contributed by atoms with E-state index >= 15 is 0 Å². The van der Waals surface area contributed by atoms with Gasteiger partial charge in [0.1, 0.15) is 35.3 Å². The molecule has 0 atom stereocenters. The average Bonchev–Trinajstić information content (AvgIpc) is 3.33. The molecule has 4 aromatic rings. The monoisotopic (exact) mass is 395 g/mol. The van der Waals surface area contributed by atoms with Gasteiger partial charge < -0.3 is 10.2 Å². The van der Waals surface area contributed by atoms with Crippen molar-refractivity contribution in [2.75, 3.05) is 5.32 Å². The van der Waals surface area contributed by atoms with Crippen molar-refractivity contribution in [2.45, 2.75) is 13.2 Å². The topological polar surface area (TPSA) is 156 Å². The van der Waals surface area contributed by atoms with E-state index in [1.165, 1.54) is 21.7 Å². The van der Waals surface area contributed by atoms with Crippen molar-refractivity contribution in [2.24, 2.45) is 0 Å². The van der Waals surface area contributed by atoms with Gasteiger partial charge in [0.25, 0.3) is 5.69 Å². The molecule has 29 heavy (non-hydrogen) atoms. The van der Waals surface area contributed by atoms with Crippen LogP contribution in [0.3, 0.4) is 0 Å². The number of benzene rings is 1. The van der Waals surface area contributed by atoms with E-state index in [2.05, 4.69) is 30.9 Å². The fraction of sp³-hybridized carbons (Fsp3) is 0.125. The molecule has 0 bridgehead atoms. The standard InChI is InChI=1S/C16H13N9O4/c26-16(18-15-6-5-12(7-17-15)25(27)28)9-23-8-11(19-21-23)10-29-24-14-4-2-1-3-13(14)20-22-24/h1-8H,9-10H2,(H,17,18,26). The largest absolute Gasteiger partial charge is 0.388 e. The Morgan fingerprint density at radius 2 is 2.03 bits per heavy atom. The van der Waals surface area contributed by atoms with Crippen molar-refractivity contribution >= 4 is 28.4 Å². The molecule has 0 fully saturated rings. The minimum absolute atomic E-state index is 0.0822. The lowest BCUT2D eigenvalue weighted by atomic mass is 10.3. The van der Waals surface area contributed by atoms with Gasteiger partial charge >= 0.3 is 0 Å². The molecule has 3 heterocycles. The third kappa shape index (κ3) is 4.13. The van der Waals surface area contributed by atoms with Crippen LogP contribution in [0.4, 0.5) is 11.5 Å². The van der Waals surface area contributed by atoms with E-state index in [9.17, 15) is 14.9 Å². The Morgan fingerprint density at radius 1 is 1.17 bits per heavy atom. The van der Waals surface area contributed by atoms with Crippen molar-refractivity contribution in [3.8, 4) is 0 Å². The van der Waals surface area contributed by atoms with Crippen LogP contribution in [0.2, 0.25) is 0 Å². The van der Waals surface area contributed by atoms with Crippen LogP contribution in [0.5, 0.6) is 0 Å². The number of nitrogens with one attached hydrogen (secondary N) is 1. The molecule has 13 heteroatoms. The summed E-state index contributed by atoms with van der Waals surface area (Å²) < 4.78 is 1.33. The number of nitro groups is 1. The number of hydrogen-bond donors (Lipinski definition) is 1. The summed E-state index contributed by atoms with van der Waals surface area (Å²) in [6, 6.07) is 9.94. The number of amides is 1. The van der Waals surface area contributed by atoms with Gasteiger partial charge in [0.15, 0.2) is 6.61 Å². The predicted molar refractivity (Wildman–Crippen MR) is 97.4 cm³/mol. The fourth-order valence-electron chi connectivity index (χ4n) is 2.45. The van der Waals surface area contributed by atoms with Crippen LogP contribution in [0.25, 0.3) is 11.0 Å². The molecule has 3 aromatic heterocycles. The number of hydrogen-bond acceptors (Lipinski definition) is 9. The fourth-order valence-corrected chi connectivity index (χ4v) is 2.45. The van der Waals surface area contributed by atoms with E-state index in [-0.39, 0.29) is 24.7 Å². The average molecular weight is 395 g/mol. The van der Waals surface area contributed by atoms with Crippen LogP contribution < -0.4 is 10.2 Å². The number of carbonyl (C=O) groups is 1. The summed E-state index contributed by atoms with van der Waals surface area (Å²) in [6.07, 6.45) is 2.62. The molecule has 0 saturated carbocycles. The lowest BCUT2D eigenvalue weighted by Crippen LogP contribution is -2.19. The van der Waals surface area contributed by atoms with Gasteiger partial charge in [-0.05, 0) is 23.4 Å². The molecule has 0 radical (unpaired) electrons. The highest BCUT2D eigenvalue weighted by atomic mass is 16.7. The third-order valence-electron chi connectivity index (χ3n) is 3.77. The minimum atomic E-state index is -0.570. The highest BCUT2D eigenvalue weighted by Gasteiger charge is 2.11. The number of aromatic nitrogens is 7. The van der Waals surface area contributed by atoms with Crippen LogP contribution in [0.1, 0.15) is 5.69 Å². The van der Waals surface area contributed by atoms with Gasteiger partial charge in [0, 0.05) is 6.07 Å². The molecule has 0 aliphatic rings. The van der Waals surface area contributed by atoms with E-state index in [4.69, 9.17) is 4.84 Å². The molecule has 1 N–H and O–H groups in total. The van der Waals surface area contributed by atoms with Crippen LogP contribution in [-0.2, 0) is 17.9 Å². The Kier molecular flexibility index (Phi) is 4.75. The first-order valence-corrected chi connectivity index (χ1v) is 8.31. The maximum Gasteiger partial charge on any atom is 0.287 e. The summed E-state index contributed by atoms with van der Waals surface area (Å²) in [5.41, 5.74) is 1.75. The Hall–Kier alpha value is -4.42. The first kappa shape index (κ1) is 18.0. The van der Waals surface area contributed by atoms with Crippen molar-refractivity contribution in [3.05, 3.63) is 64.6 Å². The molecule has 4 rings (SSSR count). The maximum absolute atomic E-state index is 12.1. The number of nitrogens with zero attached hydrogens (tertiary/aromatic N) is 8. The number of pyridine rings is 1. The zero-order valence-corrected chi connectivity index (χ0v) is 14.7. The smallest absolute Gasteiger partial charge is 0.287 e. The molecule has 1 aromatic carbocycles. The summed E-state index contributed by atoms with van der Waals surface area (Å²) in [6.45, 7) is -0.0309. The van der Waals surface area contributed by atoms with Gasteiger partial charge in [-0.15, -0.1) is 10.2 Å². The summed E-state index contributed by atoms with van der Waals surface area (Å²) in [4.78, 5) is 32.8. The highest BCUT2D eigenvalue weighted by Crippen LogP contribution is 2.12. The lowest BCUT2D eigenvalue weighted by Gasteiger charge is -2.04. The normalized spacial score (nSPS) is 10.8. The van der Waals surface area contributed by atoms with E-state index in [1.54, 1.807) is 6.20 Å². The van der Waals surface area contributed by atoms with Crippen LogP contribution in [-0.4, -0.2) is 46.0 Å². The van der Waals surface area contributed by atoms with E-state index in [1.807, 2.05) is 24.3 Å². The Morgan fingerprint density at radius 3 is 2.83 bits per heavy atom. The lowest BCUT2D eigenvalue weighted by molar-refractivity contribution is -0.385. The second kappa shape index (κ2) is 7.67. The molecule has 0 unspecified atom stereocenters. The first-order chi connectivity index (χ1) is 14.1. The van der Waals surface area contributed by atoms with E-state index in [0.29, 0.717) is 11.2 Å². The Bertz CT molecular complexity index is 1170. The third-order valence-corrected chi connectivity index (χ3v) is 3.77. The number of anilines is 1. The molecule has 0 aliphatic carbocycles. The van der Waals surface area contributed by atoms with E-state index in [0.717, 1.165) is 11.7 Å². The van der Waals surface area contributed by atoms with Crippen LogP contribution in [0, 0.1) is 10.1 Å². The maximum atomic E-state index is 12.1. The molecule has 0 aliphatic heterocycles. The molecule has 146 valence electrons. The van der Waals surface area contributed by atoms with Crippen molar-refractivity contribution in [1.29, 1.82) is 0 Å². The minimum Gasteiger partial charge on any atom is -0.388 e. The summed E-state index contributed by atoms with van der Waals surface area (Å²) >= 11 is 0. The van der Waals surface area contributed by atoms with Gasteiger partial charge in [-0.3, -0.25) is 14.9 Å². The molecular weight excluding hydrogens is 382 g/mol.